The van der Waals surface area contributed by atoms with Gasteiger partial charge in [-0.3, -0.25) is 9.59 Å². The van der Waals surface area contributed by atoms with Crippen LogP contribution in [0.2, 0.25) is 0 Å². The van der Waals surface area contributed by atoms with Crippen LogP contribution in [0.25, 0.3) is 0 Å². The minimum atomic E-state index is -0.563. The first-order chi connectivity index (χ1) is 24.1. The van der Waals surface area contributed by atoms with Crippen molar-refractivity contribution < 1.29 is 23.8 Å². The summed E-state index contributed by atoms with van der Waals surface area (Å²) in [5.74, 6) is 3.60. The first-order valence-corrected chi connectivity index (χ1v) is 21.6. The topological polar surface area (TPSA) is 61.8 Å². The largest absolute Gasteiger partial charge is 0.462 e. The molecule has 286 valence electrons. The van der Waals surface area contributed by atoms with Crippen LogP contribution in [0, 0.1) is 23.7 Å². The van der Waals surface area contributed by atoms with E-state index in [1.165, 1.54) is 154 Å². The zero-order valence-electron chi connectivity index (χ0n) is 32.5. The van der Waals surface area contributed by atoms with Crippen LogP contribution in [0.1, 0.15) is 206 Å². The molecule has 0 amide bonds. The fraction of sp³-hybridized carbons (Fsp3) is 0.909. The first-order valence-electron chi connectivity index (χ1n) is 21.6. The van der Waals surface area contributed by atoms with Gasteiger partial charge in [0.1, 0.15) is 6.61 Å². The Labute approximate surface area is 303 Å². The van der Waals surface area contributed by atoms with E-state index in [1.54, 1.807) is 6.08 Å². The molecule has 5 heteroatoms. The Hall–Kier alpha value is -1.36. The molecule has 0 radical (unpaired) electrons. The van der Waals surface area contributed by atoms with Crippen LogP contribution < -0.4 is 0 Å². The van der Waals surface area contributed by atoms with Gasteiger partial charge in [-0.15, -0.1) is 6.58 Å². The monoisotopic (exact) mass is 689 g/mol. The van der Waals surface area contributed by atoms with Crippen molar-refractivity contribution >= 4 is 11.9 Å². The Morgan fingerprint density at radius 2 is 0.939 bits per heavy atom. The van der Waals surface area contributed by atoms with Crippen LogP contribution in [0.4, 0.5) is 0 Å². The summed E-state index contributed by atoms with van der Waals surface area (Å²) in [5, 5.41) is 0. The molecular weight excluding hydrogens is 608 g/mol. The summed E-state index contributed by atoms with van der Waals surface area (Å²) in [6, 6.07) is 0. The van der Waals surface area contributed by atoms with Crippen LogP contribution in [0.5, 0.6) is 0 Å². The van der Waals surface area contributed by atoms with E-state index in [0.717, 1.165) is 49.4 Å². The van der Waals surface area contributed by atoms with E-state index >= 15 is 0 Å². The molecular formula is C44H80O5. The third-order valence-corrected chi connectivity index (χ3v) is 11.2. The fourth-order valence-electron chi connectivity index (χ4n) is 7.72. The number of hydrogen-bond donors (Lipinski definition) is 0. The van der Waals surface area contributed by atoms with Crippen LogP contribution >= 0.6 is 0 Å². The van der Waals surface area contributed by atoms with Crippen molar-refractivity contribution in [2.24, 2.45) is 23.7 Å². The molecule has 0 aromatic heterocycles. The molecule has 5 unspecified atom stereocenters. The summed E-state index contributed by atoms with van der Waals surface area (Å²) < 4.78 is 16.7. The lowest BCUT2D eigenvalue weighted by molar-refractivity contribution is -0.162. The summed E-state index contributed by atoms with van der Waals surface area (Å²) in [4.78, 5) is 24.9. The molecule has 5 atom stereocenters. The lowest BCUT2D eigenvalue weighted by Gasteiger charge is -2.18. The van der Waals surface area contributed by atoms with Crippen molar-refractivity contribution in [1.82, 2.24) is 0 Å². The Balaban J connectivity index is 1.41. The third kappa shape index (κ3) is 25.3. The van der Waals surface area contributed by atoms with Gasteiger partial charge in [-0.2, -0.15) is 0 Å². The molecule has 0 heterocycles. The van der Waals surface area contributed by atoms with Gasteiger partial charge in [0.25, 0.3) is 0 Å². The Bertz CT molecular complexity index is 811. The number of esters is 2. The van der Waals surface area contributed by atoms with E-state index in [-0.39, 0.29) is 25.2 Å². The highest BCUT2D eigenvalue weighted by Crippen LogP contribution is 2.46. The van der Waals surface area contributed by atoms with Crippen molar-refractivity contribution in [3.05, 3.63) is 12.7 Å². The van der Waals surface area contributed by atoms with Gasteiger partial charge in [0.2, 0.25) is 0 Å². The molecule has 0 spiro atoms. The highest BCUT2D eigenvalue weighted by Gasteiger charge is 2.35. The average molecular weight is 689 g/mol. The predicted octanol–water partition coefficient (Wildman–Crippen LogP) is 12.9. The van der Waals surface area contributed by atoms with Crippen molar-refractivity contribution in [2.75, 3.05) is 19.8 Å². The third-order valence-electron chi connectivity index (χ3n) is 11.2. The SMILES string of the molecule is C=CCOCC(COC(=O)CCCCCCCC1CC1CCCCCCCC)OC(=O)CCCCCCCC1CC1CCCCCCCC. The predicted molar refractivity (Wildman–Crippen MR) is 206 cm³/mol. The van der Waals surface area contributed by atoms with Gasteiger partial charge in [-0.25, -0.2) is 0 Å². The normalized spacial score (nSPS) is 20.2. The molecule has 0 aromatic rings. The maximum atomic E-state index is 12.5. The van der Waals surface area contributed by atoms with Crippen molar-refractivity contribution in [1.29, 1.82) is 0 Å². The minimum absolute atomic E-state index is 0.0596. The molecule has 0 aromatic carbocycles. The van der Waals surface area contributed by atoms with Gasteiger partial charge in [0.15, 0.2) is 6.10 Å². The standard InChI is InChI=1S/C44H80O5/c1-4-7-9-11-15-21-27-38-34-40(38)29-23-17-13-19-25-31-43(45)48-37-42(36-47-33-6-3)49-44(46)32-26-20-14-18-24-30-41-35-39(41)28-22-16-12-10-8-5-2/h6,38-42H,3-5,7-37H2,1-2H3. The van der Waals surface area contributed by atoms with Crippen LogP contribution in [-0.2, 0) is 23.8 Å². The molecule has 0 saturated heterocycles. The Morgan fingerprint density at radius 3 is 1.37 bits per heavy atom. The molecule has 0 bridgehead atoms. The Morgan fingerprint density at radius 1 is 0.551 bits per heavy atom. The quantitative estimate of drug-likeness (QED) is 0.0369. The van der Waals surface area contributed by atoms with Crippen LogP contribution in [-0.4, -0.2) is 37.9 Å². The van der Waals surface area contributed by atoms with Crippen LogP contribution in [0.15, 0.2) is 12.7 Å². The number of ether oxygens (including phenoxy) is 3. The first kappa shape index (κ1) is 43.8. The summed E-state index contributed by atoms with van der Waals surface area (Å²) in [6.07, 6.45) is 38.9. The zero-order chi connectivity index (χ0) is 35.2. The van der Waals surface area contributed by atoms with E-state index in [2.05, 4.69) is 20.4 Å². The molecule has 0 aliphatic heterocycles. The molecule has 2 aliphatic carbocycles. The van der Waals surface area contributed by atoms with E-state index < -0.39 is 6.10 Å². The molecule has 2 fully saturated rings. The molecule has 0 N–H and O–H groups in total. The zero-order valence-corrected chi connectivity index (χ0v) is 32.5. The summed E-state index contributed by atoms with van der Waals surface area (Å²) in [7, 11) is 0. The van der Waals surface area contributed by atoms with Gasteiger partial charge in [-0.1, -0.05) is 174 Å². The maximum absolute atomic E-state index is 12.5. The molecule has 2 rings (SSSR count). The molecule has 2 aliphatic rings. The lowest BCUT2D eigenvalue weighted by Crippen LogP contribution is -2.29. The number of carbonyl (C=O) groups excluding carboxylic acids is 2. The minimum Gasteiger partial charge on any atom is -0.462 e. The molecule has 2 saturated carbocycles. The number of unbranched alkanes of at least 4 members (excludes halogenated alkanes) is 18. The second kappa shape index (κ2) is 30.3. The number of hydrogen-bond acceptors (Lipinski definition) is 5. The molecule has 5 nitrogen and oxygen atoms in total. The van der Waals surface area contributed by atoms with E-state index in [4.69, 9.17) is 14.2 Å². The van der Waals surface area contributed by atoms with Gasteiger partial charge in [0.05, 0.1) is 13.2 Å². The number of rotatable bonds is 37. The fourth-order valence-corrected chi connectivity index (χ4v) is 7.72. The summed E-state index contributed by atoms with van der Waals surface area (Å²) in [5.41, 5.74) is 0. The summed E-state index contributed by atoms with van der Waals surface area (Å²) >= 11 is 0. The van der Waals surface area contributed by atoms with Gasteiger partial charge >= 0.3 is 11.9 Å². The van der Waals surface area contributed by atoms with Gasteiger partial charge < -0.3 is 14.2 Å². The van der Waals surface area contributed by atoms with E-state index in [9.17, 15) is 9.59 Å². The summed E-state index contributed by atoms with van der Waals surface area (Å²) in [6.45, 7) is 8.90. The van der Waals surface area contributed by atoms with Crippen molar-refractivity contribution in [3.63, 3.8) is 0 Å². The lowest BCUT2D eigenvalue weighted by atomic mass is 10.0. The maximum Gasteiger partial charge on any atom is 0.306 e. The smallest absolute Gasteiger partial charge is 0.306 e. The molecule has 49 heavy (non-hydrogen) atoms. The Kier molecular flexibility index (Phi) is 27.1. The van der Waals surface area contributed by atoms with Gasteiger partial charge in [-0.05, 0) is 49.4 Å². The van der Waals surface area contributed by atoms with Crippen molar-refractivity contribution in [2.45, 2.75) is 213 Å². The highest BCUT2D eigenvalue weighted by atomic mass is 16.6. The van der Waals surface area contributed by atoms with E-state index in [0.29, 0.717) is 19.4 Å². The number of carbonyl (C=O) groups is 2. The van der Waals surface area contributed by atoms with E-state index in [1.807, 2.05) is 0 Å². The van der Waals surface area contributed by atoms with Crippen LogP contribution in [0.3, 0.4) is 0 Å². The second-order valence-corrected chi connectivity index (χ2v) is 15.9. The van der Waals surface area contributed by atoms with Crippen molar-refractivity contribution in [3.8, 4) is 0 Å². The van der Waals surface area contributed by atoms with Gasteiger partial charge in [0, 0.05) is 12.8 Å². The highest BCUT2D eigenvalue weighted by molar-refractivity contribution is 5.70. The second-order valence-electron chi connectivity index (χ2n) is 15.9. The average Bonchev–Trinajstić information content (AvgIpc) is 4.03.